The zero-order valence-corrected chi connectivity index (χ0v) is 17.8. The summed E-state index contributed by atoms with van der Waals surface area (Å²) >= 11 is 5.38. The first-order valence-corrected chi connectivity index (χ1v) is 10.7. The number of hydrogen-bond donors (Lipinski definition) is 4. The molecule has 0 fully saturated rings. The molecule has 4 aromatic rings. The monoisotopic (exact) mass is 435 g/mol. The predicted octanol–water partition coefficient (Wildman–Crippen LogP) is 2.69. The summed E-state index contributed by atoms with van der Waals surface area (Å²) in [6.45, 7) is 3.30. The van der Waals surface area contributed by atoms with E-state index in [9.17, 15) is 9.90 Å². The van der Waals surface area contributed by atoms with Crippen LogP contribution in [0.15, 0.2) is 53.3 Å². The molecule has 0 saturated carbocycles. The van der Waals surface area contributed by atoms with Crippen LogP contribution in [0.3, 0.4) is 0 Å². The Labute approximate surface area is 183 Å². The third kappa shape index (κ3) is 3.24. The van der Waals surface area contributed by atoms with Crippen molar-refractivity contribution in [3.63, 3.8) is 0 Å². The van der Waals surface area contributed by atoms with Crippen LogP contribution in [0.1, 0.15) is 29.8 Å². The van der Waals surface area contributed by atoms with E-state index in [4.69, 9.17) is 17.0 Å². The largest absolute Gasteiger partial charge is 0.494 e. The number of nitrogens with one attached hydrogen (secondary N) is 2. The lowest BCUT2D eigenvalue weighted by molar-refractivity contribution is -0.690. The maximum absolute atomic E-state index is 13.0. The van der Waals surface area contributed by atoms with Gasteiger partial charge in [0.25, 0.3) is 5.56 Å². The van der Waals surface area contributed by atoms with Gasteiger partial charge < -0.3 is 20.1 Å². The van der Waals surface area contributed by atoms with Crippen molar-refractivity contribution < 1.29 is 15.2 Å². The van der Waals surface area contributed by atoms with Gasteiger partial charge in [-0.3, -0.25) is 14.3 Å². The Kier molecular flexibility index (Phi) is 4.88. The van der Waals surface area contributed by atoms with E-state index < -0.39 is 0 Å². The molecule has 5 N–H and O–H groups in total. The summed E-state index contributed by atoms with van der Waals surface area (Å²) in [5.74, 6) is 0.580. The molecule has 0 unspecified atom stereocenters. The number of aromatic nitrogens is 3. The molecule has 2 aromatic heterocycles. The SMILES string of the molecule is CCOc1ccc(-n2c(O)c([C@H]3[NH2+]CCc4c3[nH]c3ccccc43)c(=O)[nH]c2=S)cc1. The van der Waals surface area contributed by atoms with Crippen LogP contribution in [0.2, 0.25) is 0 Å². The number of hydrogen-bond acceptors (Lipinski definition) is 4. The van der Waals surface area contributed by atoms with Crippen molar-refractivity contribution in [2.24, 2.45) is 0 Å². The maximum Gasteiger partial charge on any atom is 0.265 e. The normalized spacial score (nSPS) is 15.7. The third-order valence-corrected chi connectivity index (χ3v) is 6.08. The number of nitrogens with two attached hydrogens (primary N) is 1. The Hall–Kier alpha value is -3.36. The van der Waals surface area contributed by atoms with Crippen molar-refractivity contribution in [2.75, 3.05) is 13.2 Å². The van der Waals surface area contributed by atoms with Gasteiger partial charge in [0, 0.05) is 17.3 Å². The van der Waals surface area contributed by atoms with Crippen molar-refractivity contribution in [1.82, 2.24) is 14.5 Å². The lowest BCUT2D eigenvalue weighted by Gasteiger charge is -2.22. The highest BCUT2D eigenvalue weighted by Crippen LogP contribution is 2.33. The van der Waals surface area contributed by atoms with Gasteiger partial charge in [-0.2, -0.15) is 0 Å². The Morgan fingerprint density at radius 2 is 1.97 bits per heavy atom. The fraction of sp³-hybridized carbons (Fsp3) is 0.217. The van der Waals surface area contributed by atoms with Gasteiger partial charge >= 0.3 is 0 Å². The summed E-state index contributed by atoms with van der Waals surface area (Å²) in [6.07, 6.45) is 0.895. The molecule has 158 valence electrons. The smallest absolute Gasteiger partial charge is 0.265 e. The van der Waals surface area contributed by atoms with E-state index in [1.165, 1.54) is 10.1 Å². The Bertz CT molecular complexity index is 1380. The van der Waals surface area contributed by atoms with E-state index in [1.807, 2.05) is 49.4 Å². The van der Waals surface area contributed by atoms with Crippen LogP contribution in [-0.4, -0.2) is 32.8 Å². The number of aromatic hydroxyl groups is 1. The highest BCUT2D eigenvalue weighted by atomic mass is 32.1. The zero-order valence-electron chi connectivity index (χ0n) is 17.0. The Morgan fingerprint density at radius 1 is 1.19 bits per heavy atom. The van der Waals surface area contributed by atoms with E-state index in [0.29, 0.717) is 12.3 Å². The van der Waals surface area contributed by atoms with E-state index >= 15 is 0 Å². The van der Waals surface area contributed by atoms with Crippen LogP contribution in [0, 0.1) is 4.77 Å². The van der Waals surface area contributed by atoms with Crippen molar-refractivity contribution >= 4 is 23.1 Å². The highest BCUT2D eigenvalue weighted by molar-refractivity contribution is 7.71. The second-order valence-corrected chi connectivity index (χ2v) is 7.96. The van der Waals surface area contributed by atoms with E-state index in [1.54, 1.807) is 0 Å². The first-order chi connectivity index (χ1) is 15.1. The lowest BCUT2D eigenvalue weighted by atomic mass is 9.95. The summed E-state index contributed by atoms with van der Waals surface area (Å²) in [5.41, 5.74) is 3.73. The van der Waals surface area contributed by atoms with Gasteiger partial charge in [0.1, 0.15) is 11.3 Å². The second kappa shape index (κ2) is 7.72. The summed E-state index contributed by atoms with van der Waals surface area (Å²) in [7, 11) is 0. The van der Waals surface area contributed by atoms with Gasteiger partial charge in [0.05, 0.1) is 24.5 Å². The van der Waals surface area contributed by atoms with Crippen LogP contribution < -0.4 is 15.6 Å². The van der Waals surface area contributed by atoms with Crippen LogP contribution >= 0.6 is 12.2 Å². The minimum atomic E-state index is -0.377. The minimum Gasteiger partial charge on any atom is -0.494 e. The number of ether oxygens (including phenoxy) is 1. The van der Waals surface area contributed by atoms with Gasteiger partial charge in [0.15, 0.2) is 10.8 Å². The van der Waals surface area contributed by atoms with Gasteiger partial charge in [-0.15, -0.1) is 0 Å². The van der Waals surface area contributed by atoms with E-state index in [0.717, 1.165) is 35.3 Å². The van der Waals surface area contributed by atoms with Gasteiger partial charge in [-0.05, 0) is 55.0 Å². The molecule has 0 saturated heterocycles. The molecule has 0 spiro atoms. The quantitative estimate of drug-likeness (QED) is 0.370. The number of fused-ring (bicyclic) bond motifs is 3. The van der Waals surface area contributed by atoms with Gasteiger partial charge in [0.2, 0.25) is 5.88 Å². The van der Waals surface area contributed by atoms with Crippen molar-refractivity contribution in [3.8, 4) is 17.3 Å². The van der Waals surface area contributed by atoms with Crippen molar-refractivity contribution in [3.05, 3.63) is 80.5 Å². The molecule has 2 aromatic carbocycles. The van der Waals surface area contributed by atoms with Crippen LogP contribution in [0.5, 0.6) is 11.6 Å². The molecule has 8 heteroatoms. The fourth-order valence-electron chi connectivity index (χ4n) is 4.45. The number of aromatic amines is 2. The molecule has 0 bridgehead atoms. The minimum absolute atomic E-state index is 0.142. The number of benzene rings is 2. The number of para-hydroxylation sites is 1. The number of quaternary nitrogens is 1. The zero-order chi connectivity index (χ0) is 21.5. The highest BCUT2D eigenvalue weighted by Gasteiger charge is 2.34. The lowest BCUT2D eigenvalue weighted by Crippen LogP contribution is -2.87. The van der Waals surface area contributed by atoms with Crippen molar-refractivity contribution in [1.29, 1.82) is 0 Å². The van der Waals surface area contributed by atoms with Crippen LogP contribution in [0.25, 0.3) is 16.6 Å². The molecule has 0 radical (unpaired) electrons. The summed E-state index contributed by atoms with van der Waals surface area (Å²) < 4.78 is 7.13. The summed E-state index contributed by atoms with van der Waals surface area (Å²) in [4.78, 5) is 19.2. The molecule has 3 heterocycles. The molecule has 5 rings (SSSR count). The molecule has 1 aliphatic rings. The standard InChI is InChI=1S/C23H22N4O3S/c1-2-30-14-9-7-13(8-10-14)27-22(29)18(21(28)26-23(27)31)20-19-16(11-12-24-20)15-5-3-4-6-17(15)25-19/h3-10,20,24-25,29H,2,11-12H2,1H3,(H,26,28,31)/p+1/t20-/m1/s1. The first-order valence-electron chi connectivity index (χ1n) is 10.3. The molecule has 1 atom stereocenters. The number of H-pyrrole nitrogens is 2. The Balaban J connectivity index is 1.67. The van der Waals surface area contributed by atoms with Crippen molar-refractivity contribution in [2.45, 2.75) is 19.4 Å². The molecule has 31 heavy (non-hydrogen) atoms. The maximum atomic E-state index is 13.0. The molecule has 0 aliphatic carbocycles. The third-order valence-electron chi connectivity index (χ3n) is 5.79. The average molecular weight is 436 g/mol. The van der Waals surface area contributed by atoms with E-state index in [-0.39, 0.29) is 27.8 Å². The summed E-state index contributed by atoms with van der Waals surface area (Å²) in [6, 6.07) is 15.0. The average Bonchev–Trinajstić information content (AvgIpc) is 3.14. The number of nitrogens with zero attached hydrogens (tertiary/aromatic N) is 1. The molecule has 1 aliphatic heterocycles. The number of rotatable bonds is 4. The van der Waals surface area contributed by atoms with Gasteiger partial charge in [-0.1, -0.05) is 18.2 Å². The van der Waals surface area contributed by atoms with E-state index in [2.05, 4.69) is 21.4 Å². The molecule has 0 amide bonds. The first kappa shape index (κ1) is 19.6. The Morgan fingerprint density at radius 3 is 2.74 bits per heavy atom. The predicted molar refractivity (Wildman–Crippen MR) is 121 cm³/mol. The van der Waals surface area contributed by atoms with Crippen LogP contribution in [-0.2, 0) is 6.42 Å². The second-order valence-electron chi connectivity index (χ2n) is 7.57. The van der Waals surface area contributed by atoms with Gasteiger partial charge in [-0.25, -0.2) is 0 Å². The topological polar surface area (TPSA) is 99.6 Å². The molecule has 7 nitrogen and oxygen atoms in total. The summed E-state index contributed by atoms with van der Waals surface area (Å²) in [5, 5.41) is 14.5. The fourth-order valence-corrected chi connectivity index (χ4v) is 4.73. The molecular formula is C23H23N4O3S+. The van der Waals surface area contributed by atoms with Crippen LogP contribution in [0.4, 0.5) is 0 Å². The molecular weight excluding hydrogens is 412 g/mol.